The highest BCUT2D eigenvalue weighted by molar-refractivity contribution is 5.90. The standard InChI is InChI=1S/C29H36N4O4.C2HF3O2/c1-19-27(20(2)37-32-19)31-28(34)30-23-12-13-29(22-10-11-24(35-3)25(16-22)36-4)14-15-33(26(29)17-23)18-21-8-6-5-7-9-21;3-2(4,5)1(6)7/h5-11,16,23,26H,12-15,17-18H2,1-4H3,(H2,30,31,34);(H,6,7)/t23-,26+,29+;/m1./s1. The zero-order valence-corrected chi connectivity index (χ0v) is 25.0. The summed E-state index contributed by atoms with van der Waals surface area (Å²) in [4.78, 5) is 24.4. The van der Waals surface area contributed by atoms with E-state index in [1.165, 1.54) is 11.1 Å². The molecular weight excluding hydrogens is 581 g/mol. The molecule has 3 atom stereocenters. The van der Waals surface area contributed by atoms with E-state index >= 15 is 0 Å². The number of ether oxygens (including phenoxy) is 2. The second kappa shape index (κ2) is 13.6. The van der Waals surface area contributed by atoms with Crippen molar-refractivity contribution in [3.05, 3.63) is 71.1 Å². The van der Waals surface area contributed by atoms with Crippen LogP contribution in [0.4, 0.5) is 23.7 Å². The number of urea groups is 1. The van der Waals surface area contributed by atoms with Gasteiger partial charge in [0.2, 0.25) is 0 Å². The molecule has 2 fully saturated rings. The molecular formula is C31H37F3N4O6. The first-order chi connectivity index (χ1) is 20.9. The number of anilines is 1. The van der Waals surface area contributed by atoms with Crippen molar-refractivity contribution in [1.82, 2.24) is 15.4 Å². The zero-order chi connectivity index (χ0) is 32.1. The SMILES string of the molecule is COc1ccc([C@@]23CC[C@@H](NC(=O)Nc4c(C)noc4C)C[C@@H]2N(Cc2ccccc2)CC3)cc1OC.O=C(O)C(F)(F)F. The van der Waals surface area contributed by atoms with E-state index in [1.807, 2.05) is 13.0 Å². The van der Waals surface area contributed by atoms with Gasteiger partial charge in [0.25, 0.3) is 0 Å². The van der Waals surface area contributed by atoms with Crippen LogP contribution in [0.15, 0.2) is 53.1 Å². The lowest BCUT2D eigenvalue weighted by atomic mass is 9.65. The molecule has 10 nitrogen and oxygen atoms in total. The van der Waals surface area contributed by atoms with Gasteiger partial charge in [-0.15, -0.1) is 0 Å². The van der Waals surface area contributed by atoms with Gasteiger partial charge in [-0.3, -0.25) is 4.90 Å². The maximum absolute atomic E-state index is 12.9. The third-order valence-electron chi connectivity index (χ3n) is 8.41. The Bertz CT molecular complexity index is 1430. The molecule has 2 aromatic carbocycles. The molecule has 1 saturated carbocycles. The van der Waals surface area contributed by atoms with Crippen LogP contribution in [0, 0.1) is 13.8 Å². The summed E-state index contributed by atoms with van der Waals surface area (Å²) >= 11 is 0. The third-order valence-corrected chi connectivity index (χ3v) is 8.41. The number of aromatic nitrogens is 1. The highest BCUT2D eigenvalue weighted by Gasteiger charge is 2.51. The van der Waals surface area contributed by atoms with Crippen molar-refractivity contribution in [3.8, 4) is 11.5 Å². The van der Waals surface area contributed by atoms with Crippen LogP contribution < -0.4 is 20.1 Å². The summed E-state index contributed by atoms with van der Waals surface area (Å²) in [5, 5.41) is 17.2. The smallest absolute Gasteiger partial charge is 0.490 e. The van der Waals surface area contributed by atoms with Crippen LogP contribution in [0.5, 0.6) is 11.5 Å². The Kier molecular flexibility index (Phi) is 10.1. The number of halogens is 3. The molecule has 2 amide bonds. The summed E-state index contributed by atoms with van der Waals surface area (Å²) in [5.74, 6) is -0.653. The number of carbonyl (C=O) groups is 2. The van der Waals surface area contributed by atoms with Crippen LogP contribution in [0.3, 0.4) is 0 Å². The molecule has 1 saturated heterocycles. The number of likely N-dealkylation sites (tertiary alicyclic amines) is 1. The molecule has 0 radical (unpaired) electrons. The molecule has 0 spiro atoms. The topological polar surface area (TPSA) is 126 Å². The van der Waals surface area contributed by atoms with Gasteiger partial charge in [-0.1, -0.05) is 41.6 Å². The first kappa shape index (κ1) is 32.6. The molecule has 5 rings (SSSR count). The zero-order valence-electron chi connectivity index (χ0n) is 25.0. The third kappa shape index (κ3) is 7.26. The normalized spacial score (nSPS) is 21.4. The molecule has 44 heavy (non-hydrogen) atoms. The van der Waals surface area contributed by atoms with E-state index in [4.69, 9.17) is 23.9 Å². The largest absolute Gasteiger partial charge is 0.493 e. The molecule has 2 aliphatic rings. The molecule has 1 aliphatic carbocycles. The van der Waals surface area contributed by atoms with Gasteiger partial charge in [-0.2, -0.15) is 13.2 Å². The van der Waals surface area contributed by atoms with Crippen molar-refractivity contribution >= 4 is 17.7 Å². The van der Waals surface area contributed by atoms with Gasteiger partial charge in [-0.25, -0.2) is 9.59 Å². The summed E-state index contributed by atoms with van der Waals surface area (Å²) in [6.45, 7) is 5.52. The number of rotatable bonds is 7. The van der Waals surface area contributed by atoms with Gasteiger partial charge in [-0.05, 0) is 69.3 Å². The minimum atomic E-state index is -5.08. The summed E-state index contributed by atoms with van der Waals surface area (Å²) in [6.07, 6.45) is -1.26. The molecule has 3 aromatic rings. The number of carbonyl (C=O) groups excluding carboxylic acids is 1. The predicted octanol–water partition coefficient (Wildman–Crippen LogP) is 5.83. The van der Waals surface area contributed by atoms with Gasteiger partial charge in [0.05, 0.1) is 14.2 Å². The fraction of sp³-hybridized carbons (Fsp3) is 0.452. The highest BCUT2D eigenvalue weighted by Crippen LogP contribution is 2.50. The Morgan fingerprint density at radius 2 is 1.77 bits per heavy atom. The van der Waals surface area contributed by atoms with E-state index in [-0.39, 0.29) is 23.5 Å². The molecule has 1 aliphatic heterocycles. The Morgan fingerprint density at radius 3 is 2.36 bits per heavy atom. The number of alkyl halides is 3. The maximum atomic E-state index is 12.9. The highest BCUT2D eigenvalue weighted by atomic mass is 19.4. The number of carboxylic acids is 1. The van der Waals surface area contributed by atoms with Gasteiger partial charge >= 0.3 is 18.2 Å². The average molecular weight is 619 g/mol. The van der Waals surface area contributed by atoms with Gasteiger partial charge in [0.1, 0.15) is 11.4 Å². The summed E-state index contributed by atoms with van der Waals surface area (Å²) in [5.41, 5.74) is 3.89. The lowest BCUT2D eigenvalue weighted by Crippen LogP contribution is -2.52. The number of aryl methyl sites for hydroxylation is 2. The van der Waals surface area contributed by atoms with Crippen molar-refractivity contribution in [1.29, 1.82) is 0 Å². The van der Waals surface area contributed by atoms with Crippen LogP contribution >= 0.6 is 0 Å². The number of benzene rings is 2. The van der Waals surface area contributed by atoms with Gasteiger partial charge in [0, 0.05) is 24.0 Å². The van der Waals surface area contributed by atoms with Gasteiger partial charge in [0.15, 0.2) is 17.3 Å². The molecule has 13 heteroatoms. The van der Waals surface area contributed by atoms with Crippen LogP contribution in [-0.2, 0) is 16.8 Å². The monoisotopic (exact) mass is 618 g/mol. The van der Waals surface area contributed by atoms with E-state index in [0.717, 1.165) is 50.3 Å². The van der Waals surface area contributed by atoms with Crippen molar-refractivity contribution in [2.24, 2.45) is 0 Å². The van der Waals surface area contributed by atoms with Crippen LogP contribution in [0.25, 0.3) is 0 Å². The first-order valence-corrected chi connectivity index (χ1v) is 14.2. The number of hydrogen-bond acceptors (Lipinski definition) is 7. The molecule has 0 unspecified atom stereocenters. The predicted molar refractivity (Wildman–Crippen MR) is 156 cm³/mol. The molecule has 0 bridgehead atoms. The number of methoxy groups -OCH3 is 2. The maximum Gasteiger partial charge on any atom is 0.490 e. The second-order valence-corrected chi connectivity index (χ2v) is 11.0. The molecule has 238 valence electrons. The average Bonchev–Trinajstić information content (AvgIpc) is 3.52. The van der Waals surface area contributed by atoms with Crippen molar-refractivity contribution < 1.29 is 41.9 Å². The van der Waals surface area contributed by atoms with Gasteiger partial charge < -0.3 is 29.7 Å². The number of nitrogens with zero attached hydrogens (tertiary/aromatic N) is 2. The van der Waals surface area contributed by atoms with Crippen LogP contribution in [-0.4, -0.2) is 66.2 Å². The Balaban J connectivity index is 0.000000566. The van der Waals surface area contributed by atoms with Crippen LogP contribution in [0.2, 0.25) is 0 Å². The fourth-order valence-corrected chi connectivity index (χ4v) is 6.26. The van der Waals surface area contributed by atoms with Crippen molar-refractivity contribution in [3.63, 3.8) is 0 Å². The Hall–Kier alpha value is -4.26. The van der Waals surface area contributed by atoms with Crippen LogP contribution in [0.1, 0.15) is 48.3 Å². The molecule has 2 heterocycles. The number of aliphatic carboxylic acids is 1. The minimum Gasteiger partial charge on any atom is -0.493 e. The summed E-state index contributed by atoms with van der Waals surface area (Å²) < 4.78 is 48.1. The Labute approximate surface area is 253 Å². The summed E-state index contributed by atoms with van der Waals surface area (Å²) in [7, 11) is 3.35. The lowest BCUT2D eigenvalue weighted by molar-refractivity contribution is -0.192. The van der Waals surface area contributed by atoms with Crippen molar-refractivity contribution in [2.45, 2.75) is 69.8 Å². The fourth-order valence-electron chi connectivity index (χ4n) is 6.26. The quantitative estimate of drug-likeness (QED) is 0.302. The lowest BCUT2D eigenvalue weighted by Gasteiger charge is -2.45. The van der Waals surface area contributed by atoms with E-state index < -0.39 is 12.1 Å². The van der Waals surface area contributed by atoms with E-state index in [0.29, 0.717) is 17.1 Å². The van der Waals surface area contributed by atoms with Crippen molar-refractivity contribution in [2.75, 3.05) is 26.1 Å². The van der Waals surface area contributed by atoms with E-state index in [2.05, 4.69) is 63.2 Å². The first-order valence-electron chi connectivity index (χ1n) is 14.2. The Morgan fingerprint density at radius 1 is 1.09 bits per heavy atom. The number of fused-ring (bicyclic) bond motifs is 1. The molecule has 3 N–H and O–H groups in total. The number of hydrogen-bond donors (Lipinski definition) is 3. The number of amides is 2. The molecule has 1 aromatic heterocycles. The second-order valence-electron chi connectivity index (χ2n) is 11.0. The number of nitrogens with one attached hydrogen (secondary N) is 2. The minimum absolute atomic E-state index is 0.00928. The number of carboxylic acid groups (broad SMARTS) is 1. The van der Waals surface area contributed by atoms with E-state index in [1.54, 1.807) is 21.1 Å². The van der Waals surface area contributed by atoms with E-state index in [9.17, 15) is 18.0 Å². The summed E-state index contributed by atoms with van der Waals surface area (Å²) in [6, 6.07) is 17.1.